The lowest BCUT2D eigenvalue weighted by Crippen LogP contribution is -2.02. The Bertz CT molecular complexity index is 499. The molecule has 0 unspecified atom stereocenters. The number of aromatic nitrogens is 1. The molecule has 15 heavy (non-hydrogen) atoms. The number of pyridine rings is 1. The van der Waals surface area contributed by atoms with Gasteiger partial charge < -0.3 is 9.72 Å². The van der Waals surface area contributed by atoms with Crippen molar-refractivity contribution in [2.75, 3.05) is 12.4 Å². The number of ketones is 1. The molecular formula is C12H14N2O. The van der Waals surface area contributed by atoms with E-state index in [1.807, 2.05) is 48.8 Å². The van der Waals surface area contributed by atoms with Crippen LogP contribution in [0.5, 0.6) is 0 Å². The number of nitrogens with zero attached hydrogens (tertiary/aromatic N) is 1. The number of hydrogen-bond donors (Lipinski definition) is 1. The van der Waals surface area contributed by atoms with Crippen LogP contribution in [0.4, 0.5) is 5.69 Å². The molecule has 0 aliphatic carbocycles. The summed E-state index contributed by atoms with van der Waals surface area (Å²) in [5.74, 6) is 0.170. The zero-order chi connectivity index (χ0) is 10.8. The van der Waals surface area contributed by atoms with Crippen LogP contribution in [0.2, 0.25) is 0 Å². The molecular weight excluding hydrogens is 188 g/mol. The molecule has 3 nitrogen and oxygen atoms in total. The fourth-order valence-electron chi connectivity index (χ4n) is 1.76. The number of fused-ring (bicyclic) bond motifs is 1. The van der Waals surface area contributed by atoms with Gasteiger partial charge in [0.2, 0.25) is 0 Å². The van der Waals surface area contributed by atoms with E-state index >= 15 is 0 Å². The maximum Gasteiger partial charge on any atom is 0.179 e. The summed E-state index contributed by atoms with van der Waals surface area (Å²) in [5, 5.41) is 3.11. The first-order chi connectivity index (χ1) is 7.27. The Morgan fingerprint density at radius 2 is 2.20 bits per heavy atom. The first-order valence-corrected chi connectivity index (χ1v) is 5.09. The molecule has 0 bridgehead atoms. The second-order valence-electron chi connectivity index (χ2n) is 3.42. The van der Waals surface area contributed by atoms with E-state index < -0.39 is 0 Å². The molecule has 78 valence electrons. The van der Waals surface area contributed by atoms with Gasteiger partial charge in [-0.15, -0.1) is 0 Å². The minimum Gasteiger partial charge on any atom is -0.386 e. The highest BCUT2D eigenvalue weighted by molar-refractivity contribution is 5.96. The second kappa shape index (κ2) is 3.77. The van der Waals surface area contributed by atoms with Gasteiger partial charge in [-0.25, -0.2) is 0 Å². The Labute approximate surface area is 88.7 Å². The SMILES string of the molecule is CCC(=O)c1ccc2c(NC)cccn12. The monoisotopic (exact) mass is 202 g/mol. The van der Waals surface area contributed by atoms with Crippen LogP contribution >= 0.6 is 0 Å². The van der Waals surface area contributed by atoms with Gasteiger partial charge in [0.15, 0.2) is 5.78 Å². The average Bonchev–Trinajstić information content (AvgIpc) is 2.71. The van der Waals surface area contributed by atoms with Crippen LogP contribution in [0.25, 0.3) is 5.52 Å². The van der Waals surface area contributed by atoms with Crippen molar-refractivity contribution in [3.8, 4) is 0 Å². The van der Waals surface area contributed by atoms with Crippen molar-refractivity contribution in [1.82, 2.24) is 4.40 Å². The molecule has 2 heterocycles. The zero-order valence-corrected chi connectivity index (χ0v) is 8.95. The number of rotatable bonds is 3. The Hall–Kier alpha value is -1.77. The third-order valence-electron chi connectivity index (χ3n) is 2.57. The van der Waals surface area contributed by atoms with Gasteiger partial charge in [-0.2, -0.15) is 0 Å². The maximum atomic E-state index is 11.6. The molecule has 2 rings (SSSR count). The standard InChI is InChI=1S/C12H14N2O/c1-3-12(15)11-7-6-10-9(13-2)5-4-8-14(10)11/h4-8,13H,3H2,1-2H3. The third-order valence-corrected chi connectivity index (χ3v) is 2.57. The van der Waals surface area contributed by atoms with E-state index in [1.165, 1.54) is 0 Å². The molecule has 3 heteroatoms. The molecule has 2 aromatic heterocycles. The van der Waals surface area contributed by atoms with E-state index in [0.29, 0.717) is 6.42 Å². The Morgan fingerprint density at radius 3 is 2.87 bits per heavy atom. The number of anilines is 1. The van der Waals surface area contributed by atoms with Crippen LogP contribution in [0, 0.1) is 0 Å². The van der Waals surface area contributed by atoms with E-state index in [-0.39, 0.29) is 5.78 Å². The molecule has 0 aromatic carbocycles. The maximum absolute atomic E-state index is 11.6. The summed E-state index contributed by atoms with van der Waals surface area (Å²) in [4.78, 5) is 11.6. The van der Waals surface area contributed by atoms with Crippen molar-refractivity contribution in [3.05, 3.63) is 36.2 Å². The van der Waals surface area contributed by atoms with Gasteiger partial charge >= 0.3 is 0 Å². The summed E-state index contributed by atoms with van der Waals surface area (Å²) in [6, 6.07) is 7.78. The Balaban J connectivity index is 2.66. The largest absolute Gasteiger partial charge is 0.386 e. The van der Waals surface area contributed by atoms with Gasteiger partial charge in [0.1, 0.15) is 0 Å². The van der Waals surface area contributed by atoms with Crippen molar-refractivity contribution >= 4 is 17.0 Å². The molecule has 0 fully saturated rings. The minimum atomic E-state index is 0.170. The first-order valence-electron chi connectivity index (χ1n) is 5.09. The quantitative estimate of drug-likeness (QED) is 0.776. The van der Waals surface area contributed by atoms with E-state index in [2.05, 4.69) is 5.32 Å². The molecule has 0 atom stereocenters. The molecule has 0 aliphatic heterocycles. The summed E-state index contributed by atoms with van der Waals surface area (Å²) in [6.45, 7) is 1.88. The van der Waals surface area contributed by atoms with Crippen molar-refractivity contribution in [3.63, 3.8) is 0 Å². The number of hydrogen-bond acceptors (Lipinski definition) is 2. The number of Topliss-reactive ketones (excluding diaryl/α,β-unsaturated/α-hetero) is 1. The fraction of sp³-hybridized carbons (Fsp3) is 0.250. The van der Waals surface area contributed by atoms with E-state index in [1.54, 1.807) is 0 Å². The summed E-state index contributed by atoms with van der Waals surface area (Å²) in [7, 11) is 1.88. The molecule has 0 aliphatic rings. The predicted molar refractivity (Wildman–Crippen MR) is 61.6 cm³/mol. The van der Waals surface area contributed by atoms with Crippen molar-refractivity contribution in [2.24, 2.45) is 0 Å². The summed E-state index contributed by atoms with van der Waals surface area (Å²) in [6.07, 6.45) is 2.45. The Kier molecular flexibility index (Phi) is 2.46. The lowest BCUT2D eigenvalue weighted by atomic mass is 10.2. The van der Waals surface area contributed by atoms with Crippen LogP contribution in [-0.2, 0) is 0 Å². The topological polar surface area (TPSA) is 33.5 Å². The zero-order valence-electron chi connectivity index (χ0n) is 8.95. The highest BCUT2D eigenvalue weighted by Gasteiger charge is 2.09. The molecule has 0 spiro atoms. The number of carbonyl (C=O) groups is 1. The minimum absolute atomic E-state index is 0.170. The number of carbonyl (C=O) groups excluding carboxylic acids is 1. The highest BCUT2D eigenvalue weighted by Crippen LogP contribution is 2.19. The second-order valence-corrected chi connectivity index (χ2v) is 3.42. The smallest absolute Gasteiger partial charge is 0.179 e. The van der Waals surface area contributed by atoms with Crippen molar-refractivity contribution < 1.29 is 4.79 Å². The van der Waals surface area contributed by atoms with Crippen LogP contribution < -0.4 is 5.32 Å². The molecule has 0 amide bonds. The van der Waals surface area contributed by atoms with Crippen molar-refractivity contribution in [1.29, 1.82) is 0 Å². The van der Waals surface area contributed by atoms with Crippen LogP contribution in [0.3, 0.4) is 0 Å². The van der Waals surface area contributed by atoms with Gasteiger partial charge in [0.25, 0.3) is 0 Å². The number of nitrogens with one attached hydrogen (secondary N) is 1. The fourth-order valence-corrected chi connectivity index (χ4v) is 1.76. The normalized spacial score (nSPS) is 10.5. The van der Waals surface area contributed by atoms with Gasteiger partial charge in [-0.1, -0.05) is 6.92 Å². The Morgan fingerprint density at radius 1 is 1.40 bits per heavy atom. The van der Waals surface area contributed by atoms with Crippen LogP contribution in [0.1, 0.15) is 23.8 Å². The molecule has 0 saturated carbocycles. The van der Waals surface area contributed by atoms with E-state index in [4.69, 9.17) is 0 Å². The molecule has 0 saturated heterocycles. The van der Waals surface area contributed by atoms with Gasteiger partial charge in [0, 0.05) is 19.7 Å². The molecule has 2 aromatic rings. The lowest BCUT2D eigenvalue weighted by Gasteiger charge is -2.05. The van der Waals surface area contributed by atoms with E-state index in [0.717, 1.165) is 16.9 Å². The summed E-state index contributed by atoms with van der Waals surface area (Å²) < 4.78 is 1.93. The van der Waals surface area contributed by atoms with Gasteiger partial charge in [0.05, 0.1) is 16.9 Å². The van der Waals surface area contributed by atoms with Gasteiger partial charge in [-0.05, 0) is 24.3 Å². The van der Waals surface area contributed by atoms with E-state index in [9.17, 15) is 4.79 Å². The van der Waals surface area contributed by atoms with Crippen LogP contribution in [-0.4, -0.2) is 17.2 Å². The first kappa shape index (κ1) is 9.77. The highest BCUT2D eigenvalue weighted by atomic mass is 16.1. The molecule has 0 radical (unpaired) electrons. The molecule has 1 N–H and O–H groups in total. The van der Waals surface area contributed by atoms with Crippen LogP contribution in [0.15, 0.2) is 30.5 Å². The van der Waals surface area contributed by atoms with Crippen molar-refractivity contribution in [2.45, 2.75) is 13.3 Å². The summed E-state index contributed by atoms with van der Waals surface area (Å²) >= 11 is 0. The predicted octanol–water partition coefficient (Wildman–Crippen LogP) is 2.57. The average molecular weight is 202 g/mol. The lowest BCUT2D eigenvalue weighted by molar-refractivity contribution is 0.0982. The third kappa shape index (κ3) is 1.50. The van der Waals surface area contributed by atoms with Gasteiger partial charge in [-0.3, -0.25) is 4.79 Å². The summed E-state index contributed by atoms with van der Waals surface area (Å²) in [5.41, 5.74) is 2.83.